The third-order valence-electron chi connectivity index (χ3n) is 3.63. The van der Waals surface area contributed by atoms with Crippen LogP contribution >= 0.6 is 23.4 Å². The second-order valence-electron chi connectivity index (χ2n) is 5.73. The van der Waals surface area contributed by atoms with Crippen LogP contribution in [-0.4, -0.2) is 45.6 Å². The fourth-order valence-electron chi connectivity index (χ4n) is 2.23. The quantitative estimate of drug-likeness (QED) is 0.401. The van der Waals surface area contributed by atoms with Crippen LogP contribution in [0, 0.1) is 0 Å². The Balaban J connectivity index is 1.88. The highest BCUT2D eigenvalue weighted by molar-refractivity contribution is 7.99. The number of anilines is 1. The van der Waals surface area contributed by atoms with Gasteiger partial charge in [-0.1, -0.05) is 11.6 Å². The zero-order valence-electron chi connectivity index (χ0n) is 14.5. The molecule has 0 aliphatic carbocycles. The van der Waals surface area contributed by atoms with Crippen molar-refractivity contribution in [1.29, 1.82) is 0 Å². The summed E-state index contributed by atoms with van der Waals surface area (Å²) in [5.74, 6) is 0.561. The molecule has 11 heteroatoms. The Kier molecular flexibility index (Phi) is 7.37. The number of amides is 1. The first kappa shape index (κ1) is 21.4. The van der Waals surface area contributed by atoms with E-state index in [9.17, 15) is 23.2 Å². The molecule has 2 aromatic rings. The molecule has 0 atom stereocenters. The second kappa shape index (κ2) is 9.32. The van der Waals surface area contributed by atoms with Crippen LogP contribution in [0.3, 0.4) is 0 Å². The molecule has 1 amide bonds. The Labute approximate surface area is 163 Å². The minimum atomic E-state index is -4.14. The van der Waals surface area contributed by atoms with Gasteiger partial charge in [0.2, 0.25) is 18.3 Å². The second-order valence-corrected chi connectivity index (χ2v) is 7.31. The van der Waals surface area contributed by atoms with Crippen LogP contribution in [0.4, 0.5) is 18.9 Å². The van der Waals surface area contributed by atoms with Gasteiger partial charge in [-0.2, -0.15) is 30.0 Å². The van der Waals surface area contributed by atoms with Gasteiger partial charge in [-0.15, -0.1) is 0 Å². The van der Waals surface area contributed by atoms with Gasteiger partial charge in [-0.05, 0) is 18.2 Å². The Morgan fingerprint density at radius 1 is 1.44 bits per heavy atom. The van der Waals surface area contributed by atoms with Crippen LogP contribution in [0.15, 0.2) is 30.7 Å². The lowest BCUT2D eigenvalue weighted by molar-refractivity contribution is -0.904. The third-order valence-corrected chi connectivity index (χ3v) is 4.97. The fraction of sp³-hybridized carbons (Fsp3) is 0.438. The number of pyridine rings is 1. The molecule has 6 nitrogen and oxygen atoms in total. The highest BCUT2D eigenvalue weighted by Crippen LogP contribution is 2.26. The van der Waals surface area contributed by atoms with Crippen molar-refractivity contribution in [3.05, 3.63) is 35.9 Å². The molecule has 0 saturated heterocycles. The van der Waals surface area contributed by atoms with Crippen molar-refractivity contribution in [2.24, 2.45) is 0 Å². The Morgan fingerprint density at radius 2 is 2.19 bits per heavy atom. The van der Waals surface area contributed by atoms with E-state index in [-0.39, 0.29) is 23.9 Å². The zero-order chi connectivity index (χ0) is 20.0. The number of nitrogens with zero attached hydrogens (tertiary/aromatic N) is 4. The lowest BCUT2D eigenvalue weighted by atomic mass is 10.3. The molecule has 0 aromatic carbocycles. The fourth-order valence-corrected chi connectivity index (χ4v) is 3.35. The summed E-state index contributed by atoms with van der Waals surface area (Å²) in [7, 11) is 1.56. The molecule has 0 radical (unpaired) electrons. The third kappa shape index (κ3) is 6.62. The molecule has 0 fully saturated rings. The van der Waals surface area contributed by atoms with Crippen molar-refractivity contribution in [1.82, 2.24) is 9.78 Å². The van der Waals surface area contributed by atoms with Crippen LogP contribution in [0.2, 0.25) is 5.15 Å². The molecule has 0 spiro atoms. The van der Waals surface area contributed by atoms with Gasteiger partial charge in [0.25, 0.3) is 0 Å². The van der Waals surface area contributed by atoms with E-state index in [4.69, 9.17) is 11.6 Å². The number of hydrogen-bond acceptors (Lipinski definition) is 4. The van der Waals surface area contributed by atoms with Gasteiger partial charge in [-0.25, -0.2) is 4.68 Å². The first-order valence-electron chi connectivity index (χ1n) is 8.04. The first-order chi connectivity index (χ1) is 12.7. The number of thioether (sulfide) groups is 1. The van der Waals surface area contributed by atoms with Crippen LogP contribution in [-0.2, 0) is 4.79 Å². The van der Waals surface area contributed by atoms with E-state index in [0.29, 0.717) is 22.9 Å². The van der Waals surface area contributed by atoms with Gasteiger partial charge in [0.05, 0.1) is 6.20 Å². The van der Waals surface area contributed by atoms with E-state index in [1.807, 2.05) is 0 Å². The number of halogens is 4. The number of rotatable bonds is 8. The molecule has 2 rings (SSSR count). The van der Waals surface area contributed by atoms with E-state index < -0.39 is 12.6 Å². The lowest BCUT2D eigenvalue weighted by Crippen LogP contribution is -2.29. The van der Waals surface area contributed by atoms with E-state index >= 15 is 0 Å². The van der Waals surface area contributed by atoms with Crippen LogP contribution < -0.4 is 9.63 Å². The maximum atomic E-state index is 12.3. The zero-order valence-corrected chi connectivity index (χ0v) is 16.1. The Bertz CT molecular complexity index is 785. The van der Waals surface area contributed by atoms with E-state index in [2.05, 4.69) is 5.10 Å². The normalized spacial score (nSPS) is 11.6. The van der Waals surface area contributed by atoms with Gasteiger partial charge >= 0.3 is 6.18 Å². The summed E-state index contributed by atoms with van der Waals surface area (Å²) in [6, 6.07) is 3.33. The number of carbonyl (C=O) groups is 1. The minimum absolute atomic E-state index is 0.0404. The average Bonchev–Trinajstić information content (AvgIpc) is 2.98. The monoisotopic (exact) mass is 423 g/mol. The van der Waals surface area contributed by atoms with Crippen LogP contribution in [0.1, 0.15) is 19.3 Å². The van der Waals surface area contributed by atoms with E-state index in [0.717, 1.165) is 4.73 Å². The molecule has 0 bridgehead atoms. The summed E-state index contributed by atoms with van der Waals surface area (Å²) in [5, 5.41) is 13.7. The summed E-state index contributed by atoms with van der Waals surface area (Å²) < 4.78 is 38.5. The van der Waals surface area contributed by atoms with Crippen molar-refractivity contribution in [2.45, 2.75) is 25.4 Å². The van der Waals surface area contributed by atoms with Gasteiger partial charge in [0.15, 0.2) is 5.15 Å². The Morgan fingerprint density at radius 3 is 2.85 bits per heavy atom. The molecule has 1 N–H and O–H groups in total. The number of carbonyl (C=O) groups excluding carboxylic acids is 1. The van der Waals surface area contributed by atoms with E-state index in [1.54, 1.807) is 25.4 Å². The van der Waals surface area contributed by atoms with Crippen molar-refractivity contribution in [3.63, 3.8) is 0 Å². The predicted molar refractivity (Wildman–Crippen MR) is 96.6 cm³/mol. The molecule has 2 heterocycles. The summed E-state index contributed by atoms with van der Waals surface area (Å²) in [5.41, 5.74) is 0.950. The average molecular weight is 424 g/mol. The molecule has 2 aromatic heterocycles. The molecule has 27 heavy (non-hydrogen) atoms. The highest BCUT2D eigenvalue weighted by atomic mass is 35.5. The molecule has 148 valence electrons. The van der Waals surface area contributed by atoms with Crippen LogP contribution in [0.5, 0.6) is 0 Å². The smallest absolute Gasteiger partial charge is 0.311 e. The van der Waals surface area contributed by atoms with Crippen LogP contribution in [0.25, 0.3) is 5.69 Å². The molecule has 0 saturated carbocycles. The number of hydrogen-bond donors (Lipinski definition) is 1. The van der Waals surface area contributed by atoms with Crippen molar-refractivity contribution in [3.8, 4) is 5.69 Å². The lowest BCUT2D eigenvalue weighted by Gasteiger charge is -2.15. The van der Waals surface area contributed by atoms with Crippen molar-refractivity contribution >= 4 is 35.0 Å². The standard InChI is InChI=1S/C16H19ClF3N4O2S/c1-22(14(25)5-9-27-8-3-6-16(18,19)20)13-11-24(21-15(13)17)12-4-2-7-23(26)10-12/h2,4,7,10-11,26H,3,5-6,8-9H2,1H3/q+1. The largest absolute Gasteiger partial charge is 0.389 e. The van der Waals surface area contributed by atoms with Gasteiger partial charge in [0, 0.05) is 36.4 Å². The Hall–Kier alpha value is -1.94. The van der Waals surface area contributed by atoms with Gasteiger partial charge in [-0.3, -0.25) is 10.0 Å². The molecular formula is C16H19ClF3N4O2S+. The number of alkyl halides is 3. The summed E-state index contributed by atoms with van der Waals surface area (Å²) in [6.45, 7) is 0. The van der Waals surface area contributed by atoms with Crippen molar-refractivity contribution < 1.29 is 27.9 Å². The molecule has 0 aliphatic rings. The minimum Gasteiger partial charge on any atom is -0.311 e. The maximum Gasteiger partial charge on any atom is 0.389 e. The summed E-state index contributed by atoms with van der Waals surface area (Å²) in [4.78, 5) is 13.6. The summed E-state index contributed by atoms with van der Waals surface area (Å²) >= 11 is 7.42. The summed E-state index contributed by atoms with van der Waals surface area (Å²) in [6.07, 6.45) is -0.303. The van der Waals surface area contributed by atoms with Crippen molar-refractivity contribution in [2.75, 3.05) is 23.5 Å². The molecular weight excluding hydrogens is 405 g/mol. The van der Waals surface area contributed by atoms with Gasteiger partial charge < -0.3 is 4.90 Å². The molecule has 0 aliphatic heterocycles. The molecule has 0 unspecified atom stereocenters. The maximum absolute atomic E-state index is 12.3. The van der Waals surface area contributed by atoms with E-state index in [1.165, 1.54) is 33.7 Å². The topological polar surface area (TPSA) is 62.2 Å². The number of aromatic nitrogens is 3. The SMILES string of the molecule is CN(C(=O)CCSCCCC(F)(F)F)c1cn(-c2ccc[n+](O)c2)nc1Cl. The first-order valence-corrected chi connectivity index (χ1v) is 9.58. The van der Waals surface area contributed by atoms with Gasteiger partial charge in [0.1, 0.15) is 11.4 Å². The predicted octanol–water partition coefficient (Wildman–Crippen LogP) is 3.48. The highest BCUT2D eigenvalue weighted by Gasteiger charge is 2.26.